The van der Waals surface area contributed by atoms with Gasteiger partial charge in [-0.1, -0.05) is 23.7 Å². The van der Waals surface area contributed by atoms with E-state index in [1.54, 1.807) is 12.1 Å². The van der Waals surface area contributed by atoms with Crippen molar-refractivity contribution in [2.24, 2.45) is 0 Å². The smallest absolute Gasteiger partial charge is 0.162 e. The predicted molar refractivity (Wildman–Crippen MR) is 94.4 cm³/mol. The molecule has 0 spiro atoms. The third-order valence-electron chi connectivity index (χ3n) is 3.98. The average molecular weight is 347 g/mol. The van der Waals surface area contributed by atoms with E-state index in [9.17, 15) is 9.59 Å². The Morgan fingerprint density at radius 3 is 2.57 bits per heavy atom. The van der Waals surface area contributed by atoms with Gasteiger partial charge in [0.2, 0.25) is 0 Å². The Kier molecular flexibility index (Phi) is 4.00. The highest BCUT2D eigenvalue weighted by molar-refractivity contribution is 7.18. The van der Waals surface area contributed by atoms with Crippen LogP contribution in [-0.4, -0.2) is 12.1 Å². The first-order chi connectivity index (χ1) is 10.9. The number of halogens is 1. The standard InChI is InChI=1S/C17H15ClN2O2S/c1-8-13(9(2)22)14(10-3-5-11(18)6-4-10)15-16(19)12(7-21)23-17(15)20-8/h3-7,14,20H,19H2,1-2H3. The van der Waals surface area contributed by atoms with Crippen molar-refractivity contribution < 1.29 is 9.59 Å². The first-order valence-electron chi connectivity index (χ1n) is 7.05. The fourth-order valence-electron chi connectivity index (χ4n) is 3.00. The molecular formula is C17H15ClN2O2S. The summed E-state index contributed by atoms with van der Waals surface area (Å²) in [5, 5.41) is 4.65. The van der Waals surface area contributed by atoms with E-state index in [0.29, 0.717) is 21.2 Å². The normalized spacial score (nSPS) is 16.7. The fraction of sp³-hybridized carbons (Fsp3) is 0.176. The van der Waals surface area contributed by atoms with Crippen LogP contribution in [0.1, 0.15) is 40.6 Å². The molecule has 4 nitrogen and oxygen atoms in total. The number of aldehydes is 1. The number of rotatable bonds is 3. The maximum absolute atomic E-state index is 12.2. The van der Waals surface area contributed by atoms with Crippen LogP contribution in [0.5, 0.6) is 0 Å². The van der Waals surface area contributed by atoms with E-state index in [-0.39, 0.29) is 11.7 Å². The zero-order valence-electron chi connectivity index (χ0n) is 12.6. The molecule has 1 aromatic carbocycles. The summed E-state index contributed by atoms with van der Waals surface area (Å²) in [5.41, 5.74) is 9.75. The van der Waals surface area contributed by atoms with Crippen molar-refractivity contribution in [1.29, 1.82) is 0 Å². The van der Waals surface area contributed by atoms with Crippen LogP contribution in [0.25, 0.3) is 0 Å². The number of ketones is 1. The van der Waals surface area contributed by atoms with Gasteiger partial charge in [-0.2, -0.15) is 0 Å². The number of allylic oxidation sites excluding steroid dienone is 2. The van der Waals surface area contributed by atoms with Crippen LogP contribution in [0.15, 0.2) is 35.5 Å². The van der Waals surface area contributed by atoms with E-state index in [1.165, 1.54) is 18.3 Å². The minimum absolute atomic E-state index is 0.0288. The van der Waals surface area contributed by atoms with Crippen molar-refractivity contribution in [2.45, 2.75) is 19.8 Å². The number of nitrogens with two attached hydrogens (primary N) is 1. The summed E-state index contributed by atoms with van der Waals surface area (Å²) in [6.45, 7) is 3.40. The molecular weight excluding hydrogens is 332 g/mol. The first kappa shape index (κ1) is 15.8. The van der Waals surface area contributed by atoms with Crippen LogP contribution in [-0.2, 0) is 4.79 Å². The summed E-state index contributed by atoms with van der Waals surface area (Å²) in [6, 6.07) is 7.34. The molecule has 3 N–H and O–H groups in total. The van der Waals surface area contributed by atoms with Gasteiger partial charge in [0.15, 0.2) is 12.1 Å². The van der Waals surface area contributed by atoms with Crippen molar-refractivity contribution >= 4 is 45.7 Å². The zero-order chi connectivity index (χ0) is 16.7. The molecule has 1 aliphatic rings. The van der Waals surface area contributed by atoms with Crippen LogP contribution in [0.3, 0.4) is 0 Å². The van der Waals surface area contributed by atoms with Crippen molar-refractivity contribution in [1.82, 2.24) is 0 Å². The van der Waals surface area contributed by atoms with E-state index >= 15 is 0 Å². The van der Waals surface area contributed by atoms with Gasteiger partial charge in [-0.05, 0) is 31.5 Å². The fourth-order valence-corrected chi connectivity index (χ4v) is 4.15. The summed E-state index contributed by atoms with van der Waals surface area (Å²) in [7, 11) is 0. The minimum Gasteiger partial charge on any atom is -0.397 e. The summed E-state index contributed by atoms with van der Waals surface area (Å²) in [6.07, 6.45) is 0.752. The van der Waals surface area contributed by atoms with Gasteiger partial charge in [-0.3, -0.25) is 9.59 Å². The third kappa shape index (κ3) is 2.56. The number of anilines is 2. The Morgan fingerprint density at radius 2 is 2.00 bits per heavy atom. The molecule has 1 atom stereocenters. The Bertz CT molecular complexity index is 837. The molecule has 6 heteroatoms. The summed E-state index contributed by atoms with van der Waals surface area (Å²) in [5.74, 6) is -0.329. The second kappa shape index (κ2) is 5.83. The minimum atomic E-state index is -0.300. The quantitative estimate of drug-likeness (QED) is 0.816. The van der Waals surface area contributed by atoms with Crippen LogP contribution in [0.2, 0.25) is 5.02 Å². The Hall–Kier alpha value is -2.11. The first-order valence-corrected chi connectivity index (χ1v) is 8.25. The predicted octanol–water partition coefficient (Wildman–Crippen LogP) is 4.22. The molecule has 2 heterocycles. The molecule has 1 aliphatic heterocycles. The monoisotopic (exact) mass is 346 g/mol. The molecule has 0 aliphatic carbocycles. The van der Waals surface area contributed by atoms with Gasteiger partial charge in [0.05, 0.1) is 15.6 Å². The Balaban J connectivity index is 2.27. The van der Waals surface area contributed by atoms with E-state index in [4.69, 9.17) is 17.3 Å². The Labute approximate surface area is 143 Å². The van der Waals surface area contributed by atoms with Gasteiger partial charge in [-0.15, -0.1) is 11.3 Å². The number of benzene rings is 1. The van der Waals surface area contributed by atoms with Gasteiger partial charge in [-0.25, -0.2) is 0 Å². The van der Waals surface area contributed by atoms with E-state index in [1.807, 2.05) is 19.1 Å². The second-order valence-electron chi connectivity index (χ2n) is 5.45. The highest BCUT2D eigenvalue weighted by Gasteiger charge is 2.34. The number of Topliss-reactive ketones (excluding diaryl/α,β-unsaturated/α-hetero) is 1. The van der Waals surface area contributed by atoms with Gasteiger partial charge >= 0.3 is 0 Å². The number of hydrogen-bond acceptors (Lipinski definition) is 5. The largest absolute Gasteiger partial charge is 0.397 e. The molecule has 0 fully saturated rings. The third-order valence-corrected chi connectivity index (χ3v) is 5.30. The molecule has 1 aromatic heterocycles. The maximum Gasteiger partial charge on any atom is 0.162 e. The number of thiophene rings is 1. The molecule has 3 rings (SSSR count). The van der Waals surface area contributed by atoms with Crippen molar-refractivity contribution in [3.05, 3.63) is 56.6 Å². The van der Waals surface area contributed by atoms with Gasteiger partial charge in [0, 0.05) is 27.8 Å². The Morgan fingerprint density at radius 1 is 1.35 bits per heavy atom. The van der Waals surface area contributed by atoms with Crippen molar-refractivity contribution in [3.63, 3.8) is 0 Å². The van der Waals surface area contributed by atoms with Gasteiger partial charge in [0.25, 0.3) is 0 Å². The average Bonchev–Trinajstić information content (AvgIpc) is 2.82. The lowest BCUT2D eigenvalue weighted by Crippen LogP contribution is -2.21. The molecule has 0 amide bonds. The molecule has 2 aromatic rings. The number of nitrogen functional groups attached to an aromatic ring is 1. The molecule has 0 bridgehead atoms. The van der Waals surface area contributed by atoms with Crippen LogP contribution in [0, 0.1) is 0 Å². The second-order valence-corrected chi connectivity index (χ2v) is 6.93. The van der Waals surface area contributed by atoms with Crippen LogP contribution >= 0.6 is 22.9 Å². The highest BCUT2D eigenvalue weighted by Crippen LogP contribution is 2.49. The van der Waals surface area contributed by atoms with E-state index in [0.717, 1.165) is 28.1 Å². The number of carbonyl (C=O) groups is 2. The molecule has 23 heavy (non-hydrogen) atoms. The van der Waals surface area contributed by atoms with Gasteiger partial charge in [0.1, 0.15) is 0 Å². The molecule has 0 saturated carbocycles. The highest BCUT2D eigenvalue weighted by atomic mass is 35.5. The number of carbonyl (C=O) groups excluding carboxylic acids is 2. The molecule has 0 saturated heterocycles. The van der Waals surface area contributed by atoms with Crippen molar-refractivity contribution in [2.75, 3.05) is 11.1 Å². The lowest BCUT2D eigenvalue weighted by atomic mass is 9.80. The molecule has 118 valence electrons. The van der Waals surface area contributed by atoms with Crippen LogP contribution in [0.4, 0.5) is 10.7 Å². The molecule has 1 unspecified atom stereocenters. The summed E-state index contributed by atoms with van der Waals surface area (Å²) < 4.78 is 0. The van der Waals surface area contributed by atoms with Crippen LogP contribution < -0.4 is 11.1 Å². The number of hydrogen-bond donors (Lipinski definition) is 2. The molecule has 0 radical (unpaired) electrons. The van der Waals surface area contributed by atoms with Crippen molar-refractivity contribution in [3.8, 4) is 0 Å². The lowest BCUT2D eigenvalue weighted by molar-refractivity contribution is -0.113. The maximum atomic E-state index is 12.2. The summed E-state index contributed by atoms with van der Waals surface area (Å²) in [4.78, 5) is 23.9. The lowest BCUT2D eigenvalue weighted by Gasteiger charge is -2.28. The topological polar surface area (TPSA) is 72.2 Å². The zero-order valence-corrected chi connectivity index (χ0v) is 14.2. The number of nitrogens with one attached hydrogen (secondary N) is 1. The van der Waals surface area contributed by atoms with E-state index in [2.05, 4.69) is 5.32 Å². The SMILES string of the molecule is CC(=O)C1=C(C)Nc2sc(C=O)c(N)c2C1c1ccc(Cl)cc1. The number of fused-ring (bicyclic) bond motifs is 1. The summed E-state index contributed by atoms with van der Waals surface area (Å²) >= 11 is 7.28. The van der Waals surface area contributed by atoms with Gasteiger partial charge < -0.3 is 11.1 Å². The van der Waals surface area contributed by atoms with E-state index < -0.39 is 0 Å².